The molecule has 0 saturated carbocycles. The van der Waals surface area contributed by atoms with Crippen molar-refractivity contribution in [1.29, 1.82) is 0 Å². The van der Waals surface area contributed by atoms with Gasteiger partial charge in [0.25, 0.3) is 0 Å². The SMILES string of the molecule is OCCN(CCOCC(F)(F)F)CC1CCCN1. The lowest BCUT2D eigenvalue weighted by atomic mass is 10.2. The van der Waals surface area contributed by atoms with E-state index in [4.69, 9.17) is 5.11 Å². The van der Waals surface area contributed by atoms with Gasteiger partial charge in [-0.2, -0.15) is 13.2 Å². The number of aliphatic hydroxyl groups excluding tert-OH is 1. The Hall–Kier alpha value is -0.370. The first-order chi connectivity index (χ1) is 8.51. The Labute approximate surface area is 105 Å². The van der Waals surface area contributed by atoms with Gasteiger partial charge in [0.15, 0.2) is 0 Å². The molecule has 1 fully saturated rings. The third-order valence-electron chi connectivity index (χ3n) is 2.87. The normalized spacial score (nSPS) is 20.8. The number of halogens is 3. The molecule has 1 aliphatic heterocycles. The highest BCUT2D eigenvalue weighted by Crippen LogP contribution is 2.14. The highest BCUT2D eigenvalue weighted by molar-refractivity contribution is 4.77. The molecule has 0 spiro atoms. The molecule has 0 aromatic heterocycles. The molecule has 0 amide bonds. The molecule has 0 aromatic rings. The van der Waals surface area contributed by atoms with Crippen LogP contribution in [-0.4, -0.2) is 68.2 Å². The summed E-state index contributed by atoms with van der Waals surface area (Å²) in [4.78, 5) is 1.93. The number of hydrogen-bond acceptors (Lipinski definition) is 4. The smallest absolute Gasteiger partial charge is 0.395 e. The fourth-order valence-electron chi connectivity index (χ4n) is 2.04. The molecule has 1 heterocycles. The van der Waals surface area contributed by atoms with E-state index in [1.54, 1.807) is 0 Å². The van der Waals surface area contributed by atoms with Crippen LogP contribution in [0, 0.1) is 0 Å². The molecule has 2 N–H and O–H groups in total. The van der Waals surface area contributed by atoms with Crippen LogP contribution >= 0.6 is 0 Å². The van der Waals surface area contributed by atoms with Gasteiger partial charge in [-0.3, -0.25) is 4.90 Å². The average Bonchev–Trinajstić information content (AvgIpc) is 2.76. The van der Waals surface area contributed by atoms with Crippen molar-refractivity contribution in [2.45, 2.75) is 25.1 Å². The molecule has 7 heteroatoms. The maximum absolute atomic E-state index is 11.9. The van der Waals surface area contributed by atoms with E-state index >= 15 is 0 Å². The highest BCUT2D eigenvalue weighted by Gasteiger charge is 2.27. The van der Waals surface area contributed by atoms with Crippen LogP contribution in [0.3, 0.4) is 0 Å². The second-order valence-electron chi connectivity index (χ2n) is 4.49. The van der Waals surface area contributed by atoms with Crippen molar-refractivity contribution in [3.05, 3.63) is 0 Å². The van der Waals surface area contributed by atoms with E-state index in [2.05, 4.69) is 10.1 Å². The second kappa shape index (κ2) is 7.93. The van der Waals surface area contributed by atoms with Crippen molar-refractivity contribution >= 4 is 0 Å². The summed E-state index contributed by atoms with van der Waals surface area (Å²) in [7, 11) is 0. The number of alkyl halides is 3. The molecule has 1 atom stereocenters. The van der Waals surface area contributed by atoms with E-state index in [0.29, 0.717) is 19.1 Å². The van der Waals surface area contributed by atoms with E-state index in [9.17, 15) is 13.2 Å². The van der Waals surface area contributed by atoms with Crippen molar-refractivity contribution in [3.8, 4) is 0 Å². The topological polar surface area (TPSA) is 44.7 Å². The van der Waals surface area contributed by atoms with E-state index in [1.165, 1.54) is 0 Å². The minimum Gasteiger partial charge on any atom is -0.395 e. The van der Waals surface area contributed by atoms with Crippen molar-refractivity contribution in [1.82, 2.24) is 10.2 Å². The van der Waals surface area contributed by atoms with Gasteiger partial charge >= 0.3 is 6.18 Å². The number of nitrogens with one attached hydrogen (secondary N) is 1. The molecule has 1 aliphatic rings. The maximum Gasteiger partial charge on any atom is 0.411 e. The summed E-state index contributed by atoms with van der Waals surface area (Å²) in [6, 6.07) is 0.374. The Morgan fingerprint density at radius 2 is 2.11 bits per heavy atom. The van der Waals surface area contributed by atoms with Gasteiger partial charge in [-0.1, -0.05) is 0 Å². The molecule has 0 aromatic carbocycles. The predicted molar refractivity (Wildman–Crippen MR) is 61.4 cm³/mol. The van der Waals surface area contributed by atoms with Crippen LogP contribution in [0.15, 0.2) is 0 Å². The predicted octanol–water partition coefficient (Wildman–Crippen LogP) is 0.612. The minimum absolute atomic E-state index is 0.00594. The summed E-state index contributed by atoms with van der Waals surface area (Å²) in [6.07, 6.45) is -2.07. The van der Waals surface area contributed by atoms with Crippen molar-refractivity contribution < 1.29 is 23.0 Å². The first kappa shape index (κ1) is 15.7. The van der Waals surface area contributed by atoms with E-state index in [0.717, 1.165) is 25.9 Å². The van der Waals surface area contributed by atoms with Crippen LogP contribution < -0.4 is 5.32 Å². The molecule has 108 valence electrons. The number of aliphatic hydroxyl groups is 1. The summed E-state index contributed by atoms with van der Waals surface area (Å²) in [6.45, 7) is 1.44. The summed E-state index contributed by atoms with van der Waals surface area (Å²) >= 11 is 0. The fourth-order valence-corrected chi connectivity index (χ4v) is 2.04. The van der Waals surface area contributed by atoms with Crippen LogP contribution in [0.25, 0.3) is 0 Å². The molecule has 1 saturated heterocycles. The van der Waals surface area contributed by atoms with Gasteiger partial charge in [-0.25, -0.2) is 0 Å². The summed E-state index contributed by atoms with van der Waals surface area (Å²) in [5.41, 5.74) is 0. The van der Waals surface area contributed by atoms with Gasteiger partial charge in [-0.05, 0) is 19.4 Å². The first-order valence-corrected chi connectivity index (χ1v) is 6.22. The van der Waals surface area contributed by atoms with E-state index in [-0.39, 0.29) is 13.2 Å². The lowest BCUT2D eigenvalue weighted by Gasteiger charge is -2.24. The maximum atomic E-state index is 11.9. The quantitative estimate of drug-likeness (QED) is 0.634. The number of hydrogen-bond donors (Lipinski definition) is 2. The number of nitrogens with zero attached hydrogens (tertiary/aromatic N) is 1. The molecule has 1 rings (SSSR count). The third kappa shape index (κ3) is 7.15. The molecule has 0 aliphatic carbocycles. The molecule has 0 radical (unpaired) electrons. The molecule has 1 unspecified atom stereocenters. The van der Waals surface area contributed by atoms with E-state index in [1.807, 2.05) is 4.90 Å². The Bertz CT molecular complexity index is 221. The Morgan fingerprint density at radius 1 is 1.33 bits per heavy atom. The molecule has 0 bridgehead atoms. The minimum atomic E-state index is -4.27. The third-order valence-corrected chi connectivity index (χ3v) is 2.87. The Kier molecular flexibility index (Phi) is 6.91. The number of rotatable bonds is 8. The molecule has 18 heavy (non-hydrogen) atoms. The molecular weight excluding hydrogens is 249 g/mol. The van der Waals surface area contributed by atoms with Crippen LogP contribution in [0.5, 0.6) is 0 Å². The summed E-state index contributed by atoms with van der Waals surface area (Å²) in [5.74, 6) is 0. The Morgan fingerprint density at radius 3 is 2.67 bits per heavy atom. The van der Waals surface area contributed by atoms with Gasteiger partial charge in [0.2, 0.25) is 0 Å². The first-order valence-electron chi connectivity index (χ1n) is 6.22. The Balaban J connectivity index is 2.16. The van der Waals surface area contributed by atoms with Gasteiger partial charge in [0.05, 0.1) is 13.2 Å². The van der Waals surface area contributed by atoms with Crippen LogP contribution in [-0.2, 0) is 4.74 Å². The second-order valence-corrected chi connectivity index (χ2v) is 4.49. The van der Waals surface area contributed by atoms with Gasteiger partial charge in [0, 0.05) is 25.7 Å². The molecular formula is C11H21F3N2O2. The zero-order valence-electron chi connectivity index (χ0n) is 10.4. The lowest BCUT2D eigenvalue weighted by molar-refractivity contribution is -0.174. The van der Waals surface area contributed by atoms with Gasteiger partial charge in [0.1, 0.15) is 6.61 Å². The monoisotopic (exact) mass is 270 g/mol. The summed E-state index contributed by atoms with van der Waals surface area (Å²) in [5, 5.41) is 12.2. The summed E-state index contributed by atoms with van der Waals surface area (Å²) < 4.78 is 40.2. The largest absolute Gasteiger partial charge is 0.411 e. The van der Waals surface area contributed by atoms with Crippen LogP contribution in [0.1, 0.15) is 12.8 Å². The fraction of sp³-hybridized carbons (Fsp3) is 1.00. The van der Waals surface area contributed by atoms with E-state index < -0.39 is 12.8 Å². The standard InChI is InChI=1S/C11H21F3N2O2/c12-11(13,14)9-18-7-5-16(4-6-17)8-10-2-1-3-15-10/h10,15,17H,1-9H2. The lowest BCUT2D eigenvalue weighted by Crippen LogP contribution is -2.40. The van der Waals surface area contributed by atoms with Crippen molar-refractivity contribution in [2.24, 2.45) is 0 Å². The molecule has 4 nitrogen and oxygen atoms in total. The zero-order chi connectivity index (χ0) is 13.4. The highest BCUT2D eigenvalue weighted by atomic mass is 19.4. The van der Waals surface area contributed by atoms with Crippen LogP contribution in [0.4, 0.5) is 13.2 Å². The van der Waals surface area contributed by atoms with Crippen LogP contribution in [0.2, 0.25) is 0 Å². The van der Waals surface area contributed by atoms with Crippen molar-refractivity contribution in [2.75, 3.05) is 46.0 Å². The van der Waals surface area contributed by atoms with Gasteiger partial charge < -0.3 is 15.2 Å². The van der Waals surface area contributed by atoms with Gasteiger partial charge in [-0.15, -0.1) is 0 Å². The number of ether oxygens (including phenoxy) is 1. The zero-order valence-corrected chi connectivity index (χ0v) is 10.4. The average molecular weight is 270 g/mol. The van der Waals surface area contributed by atoms with Crippen molar-refractivity contribution in [3.63, 3.8) is 0 Å².